The summed E-state index contributed by atoms with van der Waals surface area (Å²) in [7, 11) is 0. The fourth-order valence-electron chi connectivity index (χ4n) is 4.30. The Morgan fingerprint density at radius 3 is 1.96 bits per heavy atom. The molecule has 0 spiro atoms. The average molecular weight is 453 g/mol. The number of hydrogen-bond acceptors (Lipinski definition) is 4. The molecule has 7 nitrogen and oxygen atoms in total. The molecule has 0 aromatic carbocycles. The average Bonchev–Trinajstić information content (AvgIpc) is 3.06. The van der Waals surface area contributed by atoms with E-state index in [2.05, 4.69) is 31.9 Å². The van der Waals surface area contributed by atoms with Crippen molar-refractivity contribution >= 4 is 55.6 Å². The lowest BCUT2D eigenvalue weighted by Crippen LogP contribution is -2.46. The van der Waals surface area contributed by atoms with E-state index in [1.54, 1.807) is 0 Å². The molecule has 2 amide bonds. The maximum atomic E-state index is 12.7. The van der Waals surface area contributed by atoms with Gasteiger partial charge in [0.15, 0.2) is 0 Å². The lowest BCUT2D eigenvalue weighted by Gasteiger charge is -2.28. The van der Waals surface area contributed by atoms with Crippen molar-refractivity contribution in [3.63, 3.8) is 0 Å². The summed E-state index contributed by atoms with van der Waals surface area (Å²) in [5, 5.41) is 18.1. The summed E-state index contributed by atoms with van der Waals surface area (Å²) in [4.78, 5) is 48.5. The van der Waals surface area contributed by atoms with Crippen LogP contribution in [-0.4, -0.2) is 54.6 Å². The number of likely N-dealkylation sites (tertiary alicyclic amines) is 1. The zero-order valence-electron chi connectivity index (χ0n) is 11.9. The Balaban J connectivity index is 1.87. The second-order valence-corrected chi connectivity index (χ2v) is 8.45. The molecule has 1 aliphatic heterocycles. The second kappa shape index (κ2) is 5.84. The second-order valence-electron chi connectivity index (χ2n) is 6.34. The summed E-state index contributed by atoms with van der Waals surface area (Å²) in [6, 6.07) is -1.40. The molecule has 0 aromatic heterocycles. The van der Waals surface area contributed by atoms with Gasteiger partial charge < -0.3 is 10.2 Å². The van der Waals surface area contributed by atoms with E-state index in [1.807, 2.05) is 0 Å². The van der Waals surface area contributed by atoms with Gasteiger partial charge in [0.2, 0.25) is 11.8 Å². The SMILES string of the molecule is O=C(O)CC[C@@H](C(=O)O)N1C(=O)[C@@H]2[C@@H]3C[C@@H]([C@@H](Br)[C@@H]3Br)[C@@H]2C1=O. The maximum Gasteiger partial charge on any atom is 0.326 e. The Morgan fingerprint density at radius 2 is 1.57 bits per heavy atom. The molecule has 126 valence electrons. The van der Waals surface area contributed by atoms with Gasteiger partial charge in [0, 0.05) is 16.1 Å². The first-order chi connectivity index (χ1) is 10.8. The van der Waals surface area contributed by atoms with Gasteiger partial charge >= 0.3 is 11.9 Å². The maximum absolute atomic E-state index is 12.7. The summed E-state index contributed by atoms with van der Waals surface area (Å²) in [6.07, 6.45) is 0.0874. The van der Waals surface area contributed by atoms with Crippen LogP contribution in [0.2, 0.25) is 0 Å². The molecule has 3 fully saturated rings. The van der Waals surface area contributed by atoms with E-state index in [4.69, 9.17) is 5.11 Å². The first-order valence-corrected chi connectivity index (χ1v) is 9.18. The van der Waals surface area contributed by atoms with Gasteiger partial charge in [-0.05, 0) is 24.7 Å². The van der Waals surface area contributed by atoms with Gasteiger partial charge in [-0.3, -0.25) is 19.3 Å². The largest absolute Gasteiger partial charge is 0.481 e. The Bertz CT molecular complexity index is 564. The first-order valence-electron chi connectivity index (χ1n) is 7.35. The van der Waals surface area contributed by atoms with Gasteiger partial charge in [-0.25, -0.2) is 4.79 Å². The van der Waals surface area contributed by atoms with Crippen LogP contribution in [0, 0.1) is 23.7 Å². The van der Waals surface area contributed by atoms with Crippen molar-refractivity contribution in [2.24, 2.45) is 23.7 Å². The number of fused-ring (bicyclic) bond motifs is 5. The lowest BCUT2D eigenvalue weighted by atomic mass is 9.81. The van der Waals surface area contributed by atoms with Gasteiger partial charge in [0.1, 0.15) is 6.04 Å². The highest BCUT2D eigenvalue weighted by Crippen LogP contribution is 2.60. The molecule has 2 N–H and O–H groups in total. The third kappa shape index (κ3) is 2.43. The minimum Gasteiger partial charge on any atom is -0.481 e. The third-order valence-electron chi connectivity index (χ3n) is 5.25. The molecule has 3 aliphatic rings. The van der Waals surface area contributed by atoms with E-state index in [0.29, 0.717) is 0 Å². The highest BCUT2D eigenvalue weighted by molar-refractivity contribution is 9.12. The monoisotopic (exact) mass is 451 g/mol. The van der Waals surface area contributed by atoms with Crippen LogP contribution in [0.15, 0.2) is 0 Å². The number of carboxylic acid groups (broad SMARTS) is 2. The van der Waals surface area contributed by atoms with Crippen LogP contribution in [-0.2, 0) is 19.2 Å². The number of amides is 2. The van der Waals surface area contributed by atoms with E-state index in [1.165, 1.54) is 0 Å². The first kappa shape index (κ1) is 16.9. The van der Waals surface area contributed by atoms with Crippen molar-refractivity contribution < 1.29 is 29.4 Å². The molecule has 2 saturated carbocycles. The van der Waals surface area contributed by atoms with E-state index in [-0.39, 0.29) is 27.9 Å². The molecule has 3 rings (SSSR count). The third-order valence-corrected chi connectivity index (χ3v) is 8.46. The number of carboxylic acids is 2. The molecule has 1 heterocycles. The van der Waals surface area contributed by atoms with Crippen LogP contribution >= 0.6 is 31.9 Å². The number of alkyl halides is 2. The fraction of sp³-hybridized carbons (Fsp3) is 0.714. The number of hydrogen-bond donors (Lipinski definition) is 2. The molecule has 2 aliphatic carbocycles. The molecule has 0 radical (unpaired) electrons. The van der Waals surface area contributed by atoms with Crippen LogP contribution in [0.1, 0.15) is 19.3 Å². The molecule has 7 atom stereocenters. The van der Waals surface area contributed by atoms with Crippen molar-refractivity contribution in [3.8, 4) is 0 Å². The summed E-state index contributed by atoms with van der Waals surface area (Å²) >= 11 is 7.11. The molecule has 23 heavy (non-hydrogen) atoms. The van der Waals surface area contributed by atoms with Crippen LogP contribution in [0.4, 0.5) is 0 Å². The Kier molecular flexibility index (Phi) is 4.29. The zero-order valence-corrected chi connectivity index (χ0v) is 15.1. The standard InChI is InChI=1S/C14H15Br2NO6/c15-10-4-3-5(11(10)16)9-8(4)12(20)17(13(9)21)6(14(22)23)1-2-7(18)19/h4-6,8-11H,1-3H2,(H,18,19)(H,22,23)/t4-,5+,6-,8+,9-,10+,11+/m0/s1. The van der Waals surface area contributed by atoms with Gasteiger partial charge in [0.05, 0.1) is 11.8 Å². The van der Waals surface area contributed by atoms with Gasteiger partial charge in [0.25, 0.3) is 0 Å². The Labute approximate surface area is 148 Å². The quantitative estimate of drug-likeness (QED) is 0.476. The fourth-order valence-corrected chi connectivity index (χ4v) is 6.18. The van der Waals surface area contributed by atoms with Crippen molar-refractivity contribution in [1.29, 1.82) is 0 Å². The Morgan fingerprint density at radius 1 is 1.09 bits per heavy atom. The highest BCUT2D eigenvalue weighted by Gasteiger charge is 2.67. The predicted octanol–water partition coefficient (Wildman–Crippen LogP) is 1.08. The van der Waals surface area contributed by atoms with E-state index < -0.39 is 48.1 Å². The highest BCUT2D eigenvalue weighted by atomic mass is 79.9. The minimum absolute atomic E-state index is 0.00439. The normalized spacial score (nSPS) is 39.7. The van der Waals surface area contributed by atoms with E-state index in [9.17, 15) is 24.3 Å². The number of carbonyl (C=O) groups is 4. The molecular formula is C14H15Br2NO6. The van der Waals surface area contributed by atoms with Crippen LogP contribution < -0.4 is 0 Å². The molecule has 0 unspecified atom stereocenters. The number of rotatable bonds is 5. The lowest BCUT2D eigenvalue weighted by molar-refractivity contribution is -0.156. The van der Waals surface area contributed by atoms with Crippen LogP contribution in [0.3, 0.4) is 0 Å². The zero-order chi connectivity index (χ0) is 17.0. The number of carbonyl (C=O) groups excluding carboxylic acids is 2. The van der Waals surface area contributed by atoms with Crippen LogP contribution in [0.25, 0.3) is 0 Å². The van der Waals surface area contributed by atoms with Gasteiger partial charge in [-0.15, -0.1) is 0 Å². The summed E-state index contributed by atoms with van der Waals surface area (Å²) in [5.74, 6) is -4.39. The minimum atomic E-state index is -1.40. The smallest absolute Gasteiger partial charge is 0.326 e. The van der Waals surface area contributed by atoms with E-state index >= 15 is 0 Å². The molecule has 2 bridgehead atoms. The molecule has 9 heteroatoms. The van der Waals surface area contributed by atoms with Crippen molar-refractivity contribution in [3.05, 3.63) is 0 Å². The molecule has 0 aromatic rings. The number of nitrogens with zero attached hydrogens (tertiary/aromatic N) is 1. The van der Waals surface area contributed by atoms with Gasteiger partial charge in [-0.2, -0.15) is 0 Å². The van der Waals surface area contributed by atoms with Crippen molar-refractivity contribution in [2.45, 2.75) is 35.0 Å². The predicted molar refractivity (Wildman–Crippen MR) is 84.2 cm³/mol. The topological polar surface area (TPSA) is 112 Å². The molecule has 1 saturated heterocycles. The Hall–Kier alpha value is -0.960. The number of aliphatic carboxylic acids is 2. The van der Waals surface area contributed by atoms with Crippen molar-refractivity contribution in [2.75, 3.05) is 0 Å². The van der Waals surface area contributed by atoms with Gasteiger partial charge in [-0.1, -0.05) is 31.9 Å². The number of imide groups is 1. The van der Waals surface area contributed by atoms with Crippen LogP contribution in [0.5, 0.6) is 0 Å². The summed E-state index contributed by atoms with van der Waals surface area (Å²) in [6.45, 7) is 0. The molecular weight excluding hydrogens is 438 g/mol. The van der Waals surface area contributed by atoms with E-state index in [0.717, 1.165) is 11.3 Å². The van der Waals surface area contributed by atoms with Crippen molar-refractivity contribution in [1.82, 2.24) is 4.90 Å². The summed E-state index contributed by atoms with van der Waals surface area (Å²) < 4.78 is 0. The summed E-state index contributed by atoms with van der Waals surface area (Å²) in [5.41, 5.74) is 0. The number of halogens is 2.